The monoisotopic (exact) mass is 473 g/mol. The summed E-state index contributed by atoms with van der Waals surface area (Å²) in [5.41, 5.74) is 2.89. The second-order valence-electron chi connectivity index (χ2n) is 8.90. The van der Waals surface area contributed by atoms with E-state index in [-0.39, 0.29) is 29.8 Å². The predicted molar refractivity (Wildman–Crippen MR) is 130 cm³/mol. The Bertz CT molecular complexity index is 1050. The van der Waals surface area contributed by atoms with Gasteiger partial charge in [0.15, 0.2) is 0 Å². The summed E-state index contributed by atoms with van der Waals surface area (Å²) in [6.07, 6.45) is 0. The predicted octanol–water partition coefficient (Wildman–Crippen LogP) is 3.11. The summed E-state index contributed by atoms with van der Waals surface area (Å²) in [6, 6.07) is 13.4. The SMILES string of the molecule is Cc1ccc(CN(C(=O)CN(C)S(=O)(=O)c2ccc(C)cc2)[C@H](C)C(=O)NCC(C)C)cc1. The number of nitrogens with zero attached hydrogens (tertiary/aromatic N) is 2. The van der Waals surface area contributed by atoms with Crippen molar-refractivity contribution in [1.82, 2.24) is 14.5 Å². The molecule has 0 radical (unpaired) electrons. The van der Waals surface area contributed by atoms with E-state index in [1.807, 2.05) is 52.0 Å². The standard InChI is InChI=1S/C25H35N3O4S/c1-18(2)15-26-25(30)21(5)28(16-22-11-7-19(3)8-12-22)24(29)17-27(6)33(31,32)23-13-9-20(4)10-14-23/h7-14,18,21H,15-17H2,1-6H3,(H,26,30)/t21-/m1/s1. The van der Waals surface area contributed by atoms with E-state index in [2.05, 4.69) is 5.32 Å². The molecular formula is C25H35N3O4S. The normalized spacial score (nSPS) is 12.6. The molecule has 0 saturated carbocycles. The highest BCUT2D eigenvalue weighted by Crippen LogP contribution is 2.17. The number of aryl methyl sites for hydroxylation is 2. The minimum Gasteiger partial charge on any atom is -0.354 e. The summed E-state index contributed by atoms with van der Waals surface area (Å²) in [4.78, 5) is 27.6. The first-order chi connectivity index (χ1) is 15.4. The van der Waals surface area contributed by atoms with Crippen molar-refractivity contribution >= 4 is 21.8 Å². The van der Waals surface area contributed by atoms with E-state index in [0.29, 0.717) is 6.54 Å². The molecule has 2 aromatic carbocycles. The van der Waals surface area contributed by atoms with Gasteiger partial charge in [0, 0.05) is 20.1 Å². The van der Waals surface area contributed by atoms with E-state index in [4.69, 9.17) is 0 Å². The third-order valence-corrected chi connectivity index (χ3v) is 7.23. The molecule has 1 atom stereocenters. The zero-order chi connectivity index (χ0) is 24.8. The van der Waals surface area contributed by atoms with E-state index in [1.165, 1.54) is 24.1 Å². The fourth-order valence-electron chi connectivity index (χ4n) is 3.18. The molecule has 2 amide bonds. The molecule has 0 aliphatic heterocycles. The molecule has 33 heavy (non-hydrogen) atoms. The third kappa shape index (κ3) is 7.40. The van der Waals surface area contributed by atoms with Crippen molar-refractivity contribution in [3.63, 3.8) is 0 Å². The molecule has 0 saturated heterocycles. The molecule has 0 fully saturated rings. The van der Waals surface area contributed by atoms with E-state index >= 15 is 0 Å². The van der Waals surface area contributed by atoms with Crippen LogP contribution < -0.4 is 5.32 Å². The van der Waals surface area contributed by atoms with Crippen LogP contribution in [-0.2, 0) is 26.2 Å². The average molecular weight is 474 g/mol. The Morgan fingerprint density at radius 1 is 0.909 bits per heavy atom. The van der Waals surface area contributed by atoms with Crippen molar-refractivity contribution in [2.24, 2.45) is 5.92 Å². The van der Waals surface area contributed by atoms with Gasteiger partial charge in [-0.15, -0.1) is 0 Å². The Hall–Kier alpha value is -2.71. The Balaban J connectivity index is 2.24. The third-order valence-electron chi connectivity index (χ3n) is 5.41. The fourth-order valence-corrected chi connectivity index (χ4v) is 4.30. The summed E-state index contributed by atoms with van der Waals surface area (Å²) in [5.74, 6) is -0.442. The van der Waals surface area contributed by atoms with Crippen LogP contribution in [0.15, 0.2) is 53.4 Å². The Labute approximate surface area is 197 Å². The molecule has 0 aromatic heterocycles. The fraction of sp³-hybridized carbons (Fsp3) is 0.440. The van der Waals surface area contributed by atoms with Gasteiger partial charge in [-0.3, -0.25) is 9.59 Å². The van der Waals surface area contributed by atoms with Crippen LogP contribution >= 0.6 is 0 Å². The van der Waals surface area contributed by atoms with Crippen molar-refractivity contribution in [1.29, 1.82) is 0 Å². The molecule has 0 aliphatic carbocycles. The number of benzene rings is 2. The second kappa shape index (κ2) is 11.4. The zero-order valence-corrected chi connectivity index (χ0v) is 21.1. The van der Waals surface area contributed by atoms with Crippen molar-refractivity contribution < 1.29 is 18.0 Å². The number of hydrogen-bond acceptors (Lipinski definition) is 4. The van der Waals surface area contributed by atoms with Crippen LogP contribution in [0.5, 0.6) is 0 Å². The molecule has 7 nitrogen and oxygen atoms in total. The van der Waals surface area contributed by atoms with Crippen molar-refractivity contribution in [2.75, 3.05) is 20.1 Å². The lowest BCUT2D eigenvalue weighted by atomic mass is 10.1. The van der Waals surface area contributed by atoms with Gasteiger partial charge in [-0.25, -0.2) is 8.42 Å². The lowest BCUT2D eigenvalue weighted by molar-refractivity contribution is -0.140. The van der Waals surface area contributed by atoms with Crippen LogP contribution in [0.3, 0.4) is 0 Å². The van der Waals surface area contributed by atoms with Gasteiger partial charge in [0.2, 0.25) is 21.8 Å². The maximum absolute atomic E-state index is 13.3. The molecule has 0 unspecified atom stereocenters. The molecule has 8 heteroatoms. The van der Waals surface area contributed by atoms with Crippen LogP contribution in [0.2, 0.25) is 0 Å². The number of carbonyl (C=O) groups excluding carboxylic acids is 2. The maximum Gasteiger partial charge on any atom is 0.243 e. The maximum atomic E-state index is 13.3. The lowest BCUT2D eigenvalue weighted by Gasteiger charge is -2.30. The molecule has 0 aliphatic rings. The van der Waals surface area contributed by atoms with Crippen LogP contribution in [0.25, 0.3) is 0 Å². The number of hydrogen-bond donors (Lipinski definition) is 1. The first kappa shape index (κ1) is 26.5. The highest BCUT2D eigenvalue weighted by atomic mass is 32.2. The van der Waals surface area contributed by atoms with Gasteiger partial charge >= 0.3 is 0 Å². The van der Waals surface area contributed by atoms with Crippen molar-refractivity contribution in [2.45, 2.75) is 52.1 Å². The quantitative estimate of drug-likeness (QED) is 0.574. The number of sulfonamides is 1. The second-order valence-corrected chi connectivity index (χ2v) is 10.9. The molecule has 1 N–H and O–H groups in total. The zero-order valence-electron chi connectivity index (χ0n) is 20.3. The number of rotatable bonds is 10. The van der Waals surface area contributed by atoms with Crippen LogP contribution in [0, 0.1) is 19.8 Å². The molecule has 180 valence electrons. The van der Waals surface area contributed by atoms with E-state index in [0.717, 1.165) is 21.0 Å². The van der Waals surface area contributed by atoms with Gasteiger partial charge < -0.3 is 10.2 Å². The largest absolute Gasteiger partial charge is 0.354 e. The summed E-state index contributed by atoms with van der Waals surface area (Å²) >= 11 is 0. The summed E-state index contributed by atoms with van der Waals surface area (Å²) in [7, 11) is -2.47. The molecule has 0 bridgehead atoms. The van der Waals surface area contributed by atoms with Crippen LogP contribution in [0.1, 0.15) is 37.5 Å². The Morgan fingerprint density at radius 2 is 1.42 bits per heavy atom. The number of likely N-dealkylation sites (N-methyl/N-ethyl adjacent to an activating group) is 1. The first-order valence-electron chi connectivity index (χ1n) is 11.1. The molecule has 2 rings (SSSR count). The van der Waals surface area contributed by atoms with Gasteiger partial charge in [0.05, 0.1) is 11.4 Å². The van der Waals surface area contributed by atoms with E-state index in [9.17, 15) is 18.0 Å². The smallest absolute Gasteiger partial charge is 0.243 e. The highest BCUT2D eigenvalue weighted by Gasteiger charge is 2.30. The van der Waals surface area contributed by atoms with Gasteiger partial charge in [-0.1, -0.05) is 61.4 Å². The minimum atomic E-state index is -3.84. The van der Waals surface area contributed by atoms with E-state index < -0.39 is 22.0 Å². The van der Waals surface area contributed by atoms with Gasteiger partial charge in [-0.05, 0) is 44.4 Å². The number of amides is 2. The topological polar surface area (TPSA) is 86.8 Å². The summed E-state index contributed by atoms with van der Waals surface area (Å²) in [5, 5.41) is 2.86. The average Bonchev–Trinajstić information content (AvgIpc) is 2.76. The van der Waals surface area contributed by atoms with Gasteiger partial charge in [0.25, 0.3) is 0 Å². The van der Waals surface area contributed by atoms with Crippen molar-refractivity contribution in [3.8, 4) is 0 Å². The highest BCUT2D eigenvalue weighted by molar-refractivity contribution is 7.89. The minimum absolute atomic E-state index is 0.121. The summed E-state index contributed by atoms with van der Waals surface area (Å²) < 4.78 is 26.9. The molecule has 0 heterocycles. The Kier molecular flexibility index (Phi) is 9.19. The van der Waals surface area contributed by atoms with Gasteiger partial charge in [0.1, 0.15) is 6.04 Å². The van der Waals surface area contributed by atoms with Crippen LogP contribution in [0.4, 0.5) is 0 Å². The number of carbonyl (C=O) groups is 2. The van der Waals surface area contributed by atoms with Gasteiger partial charge in [-0.2, -0.15) is 4.31 Å². The van der Waals surface area contributed by atoms with E-state index in [1.54, 1.807) is 19.1 Å². The first-order valence-corrected chi connectivity index (χ1v) is 12.5. The molecular weight excluding hydrogens is 438 g/mol. The van der Waals surface area contributed by atoms with Crippen molar-refractivity contribution in [3.05, 3.63) is 65.2 Å². The summed E-state index contributed by atoms with van der Waals surface area (Å²) in [6.45, 7) is 9.82. The molecule has 2 aromatic rings. The van der Waals surface area contributed by atoms with Crippen LogP contribution in [-0.4, -0.2) is 55.6 Å². The molecule has 0 spiro atoms. The Morgan fingerprint density at radius 3 is 1.94 bits per heavy atom. The lowest BCUT2D eigenvalue weighted by Crippen LogP contribution is -2.51. The number of nitrogens with one attached hydrogen (secondary N) is 1.